The van der Waals surface area contributed by atoms with E-state index in [1.54, 1.807) is 13.0 Å². The molecular formula is C20H22F2N2O3S. The minimum Gasteiger partial charge on any atom is -0.322 e. The zero-order valence-corrected chi connectivity index (χ0v) is 16.4. The number of aryl methyl sites for hydroxylation is 1. The lowest BCUT2D eigenvalue weighted by atomic mass is 10.1. The van der Waals surface area contributed by atoms with Gasteiger partial charge in [-0.1, -0.05) is 18.9 Å². The molecule has 0 aromatic heterocycles. The highest BCUT2D eigenvalue weighted by Gasteiger charge is 2.26. The molecule has 1 saturated heterocycles. The molecule has 150 valence electrons. The summed E-state index contributed by atoms with van der Waals surface area (Å²) in [6, 6.07) is 7.43. The van der Waals surface area contributed by atoms with E-state index in [9.17, 15) is 22.0 Å². The molecule has 0 bridgehead atoms. The van der Waals surface area contributed by atoms with Crippen molar-refractivity contribution in [2.24, 2.45) is 0 Å². The van der Waals surface area contributed by atoms with E-state index in [1.807, 2.05) is 0 Å². The van der Waals surface area contributed by atoms with Crippen LogP contribution in [0.2, 0.25) is 0 Å². The number of hydrogen-bond donors (Lipinski definition) is 1. The second-order valence-corrected chi connectivity index (χ2v) is 8.82. The number of benzene rings is 2. The molecule has 1 N–H and O–H groups in total. The Bertz CT molecular complexity index is 985. The fraction of sp³-hybridized carbons (Fsp3) is 0.350. The molecule has 1 aliphatic heterocycles. The van der Waals surface area contributed by atoms with Gasteiger partial charge in [-0.25, -0.2) is 17.2 Å². The van der Waals surface area contributed by atoms with Gasteiger partial charge in [-0.2, -0.15) is 4.31 Å². The highest BCUT2D eigenvalue weighted by molar-refractivity contribution is 7.89. The van der Waals surface area contributed by atoms with Crippen LogP contribution in [-0.2, 0) is 10.0 Å². The van der Waals surface area contributed by atoms with Crippen LogP contribution in [0.5, 0.6) is 0 Å². The van der Waals surface area contributed by atoms with Gasteiger partial charge in [0.1, 0.15) is 0 Å². The van der Waals surface area contributed by atoms with Crippen LogP contribution in [0, 0.1) is 18.6 Å². The Kier molecular flexibility index (Phi) is 6.10. The van der Waals surface area contributed by atoms with E-state index in [0.29, 0.717) is 18.7 Å². The van der Waals surface area contributed by atoms with Crippen LogP contribution in [0.1, 0.15) is 41.6 Å². The molecule has 28 heavy (non-hydrogen) atoms. The van der Waals surface area contributed by atoms with Crippen molar-refractivity contribution in [1.82, 2.24) is 4.31 Å². The number of hydrogen-bond acceptors (Lipinski definition) is 3. The van der Waals surface area contributed by atoms with Gasteiger partial charge >= 0.3 is 0 Å². The van der Waals surface area contributed by atoms with E-state index in [0.717, 1.165) is 37.8 Å². The van der Waals surface area contributed by atoms with Crippen molar-refractivity contribution in [2.75, 3.05) is 18.4 Å². The predicted molar refractivity (Wildman–Crippen MR) is 103 cm³/mol. The molecule has 3 rings (SSSR count). The molecule has 0 spiro atoms. The van der Waals surface area contributed by atoms with Crippen LogP contribution >= 0.6 is 0 Å². The summed E-state index contributed by atoms with van der Waals surface area (Å²) in [4.78, 5) is 12.7. The lowest BCUT2D eigenvalue weighted by molar-refractivity contribution is 0.102. The van der Waals surface area contributed by atoms with Crippen molar-refractivity contribution in [3.05, 3.63) is 59.2 Å². The highest BCUT2D eigenvalue weighted by Crippen LogP contribution is 2.23. The largest absolute Gasteiger partial charge is 0.322 e. The maximum Gasteiger partial charge on any atom is 0.255 e. The van der Waals surface area contributed by atoms with E-state index >= 15 is 0 Å². The van der Waals surface area contributed by atoms with Gasteiger partial charge in [0.2, 0.25) is 10.0 Å². The molecular weight excluding hydrogens is 386 g/mol. The monoisotopic (exact) mass is 408 g/mol. The fourth-order valence-corrected chi connectivity index (χ4v) is 4.75. The van der Waals surface area contributed by atoms with Crippen molar-refractivity contribution >= 4 is 21.6 Å². The Morgan fingerprint density at radius 2 is 1.64 bits per heavy atom. The standard InChI is InChI=1S/C20H22F2N2O3S/c1-14-6-8-16(28(26,27)24-10-4-2-3-5-11-24)13-17(14)20(25)23-15-7-9-18(21)19(22)12-15/h6-9,12-13H,2-5,10-11H2,1H3,(H,23,25). The first-order chi connectivity index (χ1) is 13.3. The Morgan fingerprint density at radius 3 is 2.29 bits per heavy atom. The normalized spacial score (nSPS) is 15.8. The van der Waals surface area contributed by atoms with Crippen LogP contribution in [-0.4, -0.2) is 31.7 Å². The maximum atomic E-state index is 13.4. The van der Waals surface area contributed by atoms with Crippen LogP contribution in [0.3, 0.4) is 0 Å². The van der Waals surface area contributed by atoms with Crippen molar-refractivity contribution in [2.45, 2.75) is 37.5 Å². The highest BCUT2D eigenvalue weighted by atomic mass is 32.2. The number of rotatable bonds is 4. The molecule has 0 unspecified atom stereocenters. The molecule has 1 fully saturated rings. The Morgan fingerprint density at radius 1 is 0.964 bits per heavy atom. The number of anilines is 1. The number of carbonyl (C=O) groups excluding carboxylic acids is 1. The number of halogens is 2. The van der Waals surface area contributed by atoms with Crippen LogP contribution in [0.4, 0.5) is 14.5 Å². The summed E-state index contributed by atoms with van der Waals surface area (Å²) < 4.78 is 53.8. The Labute approximate surface area is 163 Å². The Balaban J connectivity index is 1.88. The summed E-state index contributed by atoms with van der Waals surface area (Å²) in [7, 11) is -3.70. The molecule has 8 heteroatoms. The molecule has 2 aromatic carbocycles. The van der Waals surface area contributed by atoms with E-state index in [4.69, 9.17) is 0 Å². The second-order valence-electron chi connectivity index (χ2n) is 6.88. The molecule has 0 saturated carbocycles. The fourth-order valence-electron chi connectivity index (χ4n) is 3.21. The van der Waals surface area contributed by atoms with Gasteiger partial charge in [-0.3, -0.25) is 4.79 Å². The summed E-state index contributed by atoms with van der Waals surface area (Å²) in [5.41, 5.74) is 0.833. The molecule has 5 nitrogen and oxygen atoms in total. The van der Waals surface area contributed by atoms with Gasteiger partial charge in [0, 0.05) is 30.4 Å². The minimum atomic E-state index is -3.70. The smallest absolute Gasteiger partial charge is 0.255 e. The SMILES string of the molecule is Cc1ccc(S(=O)(=O)N2CCCCCC2)cc1C(=O)Nc1ccc(F)c(F)c1. The average Bonchev–Trinajstić information content (AvgIpc) is 2.95. The molecule has 0 atom stereocenters. The summed E-state index contributed by atoms with van der Waals surface area (Å²) in [5, 5.41) is 2.48. The maximum absolute atomic E-state index is 13.4. The molecule has 0 radical (unpaired) electrons. The zero-order chi connectivity index (χ0) is 20.3. The topological polar surface area (TPSA) is 66.5 Å². The van der Waals surface area contributed by atoms with Gasteiger partial charge in [0.25, 0.3) is 5.91 Å². The number of carbonyl (C=O) groups is 1. The van der Waals surface area contributed by atoms with Gasteiger partial charge < -0.3 is 5.32 Å². The average molecular weight is 408 g/mol. The van der Waals surface area contributed by atoms with Gasteiger partial charge in [-0.15, -0.1) is 0 Å². The van der Waals surface area contributed by atoms with Crippen LogP contribution < -0.4 is 5.32 Å². The molecule has 1 heterocycles. The second kappa shape index (κ2) is 8.36. The van der Waals surface area contributed by atoms with E-state index in [1.165, 1.54) is 22.5 Å². The van der Waals surface area contributed by atoms with Crippen molar-refractivity contribution in [1.29, 1.82) is 0 Å². The van der Waals surface area contributed by atoms with Crippen LogP contribution in [0.15, 0.2) is 41.3 Å². The number of nitrogens with one attached hydrogen (secondary N) is 1. The first-order valence-electron chi connectivity index (χ1n) is 9.16. The summed E-state index contributed by atoms with van der Waals surface area (Å²) in [5.74, 6) is -2.68. The summed E-state index contributed by atoms with van der Waals surface area (Å²) >= 11 is 0. The molecule has 2 aromatic rings. The third-order valence-corrected chi connectivity index (χ3v) is 6.73. The molecule has 0 aliphatic carbocycles. The van der Waals surface area contributed by atoms with Gasteiger partial charge in [0.15, 0.2) is 11.6 Å². The number of amides is 1. The summed E-state index contributed by atoms with van der Waals surface area (Å²) in [6.45, 7) is 2.61. The minimum absolute atomic E-state index is 0.0513. The number of sulfonamides is 1. The lowest BCUT2D eigenvalue weighted by Crippen LogP contribution is -2.32. The summed E-state index contributed by atoms with van der Waals surface area (Å²) in [6.07, 6.45) is 3.63. The molecule has 1 aliphatic rings. The lowest BCUT2D eigenvalue weighted by Gasteiger charge is -2.20. The van der Waals surface area contributed by atoms with Gasteiger partial charge in [0.05, 0.1) is 4.90 Å². The third-order valence-electron chi connectivity index (χ3n) is 4.83. The molecule has 1 amide bonds. The third kappa shape index (κ3) is 4.39. The van der Waals surface area contributed by atoms with Crippen molar-refractivity contribution in [3.63, 3.8) is 0 Å². The van der Waals surface area contributed by atoms with Crippen molar-refractivity contribution < 1.29 is 22.0 Å². The van der Waals surface area contributed by atoms with Crippen molar-refractivity contribution in [3.8, 4) is 0 Å². The predicted octanol–water partition coefficient (Wildman–Crippen LogP) is 4.09. The van der Waals surface area contributed by atoms with E-state index in [-0.39, 0.29) is 16.1 Å². The first-order valence-corrected chi connectivity index (χ1v) is 10.6. The quantitative estimate of drug-likeness (QED) is 0.829. The Hall–Kier alpha value is -2.32. The van der Waals surface area contributed by atoms with E-state index < -0.39 is 27.6 Å². The van der Waals surface area contributed by atoms with Crippen LogP contribution in [0.25, 0.3) is 0 Å². The van der Waals surface area contributed by atoms with Gasteiger partial charge in [-0.05, 0) is 49.6 Å². The number of nitrogens with zero attached hydrogens (tertiary/aromatic N) is 1. The first kappa shape index (κ1) is 20.4. The van der Waals surface area contributed by atoms with E-state index in [2.05, 4.69) is 5.32 Å². The zero-order valence-electron chi connectivity index (χ0n) is 15.5.